The minimum Gasteiger partial charge on any atom is -0.312 e. The third-order valence-corrected chi connectivity index (χ3v) is 6.22. The van der Waals surface area contributed by atoms with Crippen LogP contribution in [0.5, 0.6) is 0 Å². The van der Waals surface area contributed by atoms with Crippen molar-refractivity contribution in [2.75, 3.05) is 6.54 Å². The first kappa shape index (κ1) is 16.0. The number of hydrogen-bond acceptors (Lipinski definition) is 4. The van der Waals surface area contributed by atoms with Crippen LogP contribution in [0.1, 0.15) is 28.9 Å². The molecule has 2 aromatic rings. The van der Waals surface area contributed by atoms with E-state index >= 15 is 0 Å². The van der Waals surface area contributed by atoms with Gasteiger partial charge in [-0.25, -0.2) is 4.98 Å². The standard InChI is InChI=1S/C15H19BrN2S2/c1-3-8-17-9-14-11(2)18-15(20-14)10-19-13-7-5-4-6-12(13)16/h4-7,17H,3,8-10H2,1-2H3. The van der Waals surface area contributed by atoms with Gasteiger partial charge in [0, 0.05) is 20.8 Å². The molecular formula is C15H19BrN2S2. The molecule has 0 radical (unpaired) electrons. The maximum Gasteiger partial charge on any atom is 0.103 e. The Morgan fingerprint density at radius 2 is 2.15 bits per heavy atom. The molecule has 0 unspecified atom stereocenters. The Hall–Kier alpha value is -0.360. The number of hydrogen-bond donors (Lipinski definition) is 1. The first-order valence-electron chi connectivity index (χ1n) is 6.74. The molecule has 1 heterocycles. The summed E-state index contributed by atoms with van der Waals surface area (Å²) in [6.07, 6.45) is 1.17. The van der Waals surface area contributed by atoms with Crippen LogP contribution in [0.4, 0.5) is 0 Å². The highest BCUT2D eigenvalue weighted by atomic mass is 79.9. The zero-order chi connectivity index (χ0) is 14.4. The molecule has 0 saturated heterocycles. The Bertz CT molecular complexity index is 555. The van der Waals surface area contributed by atoms with Gasteiger partial charge < -0.3 is 5.32 Å². The number of aromatic nitrogens is 1. The van der Waals surface area contributed by atoms with Crippen LogP contribution in [0.2, 0.25) is 0 Å². The average molecular weight is 371 g/mol. The maximum atomic E-state index is 4.68. The van der Waals surface area contributed by atoms with Gasteiger partial charge in [0.05, 0.1) is 11.4 Å². The van der Waals surface area contributed by atoms with E-state index in [1.807, 2.05) is 29.2 Å². The summed E-state index contributed by atoms with van der Waals surface area (Å²) in [6, 6.07) is 8.33. The molecule has 5 heteroatoms. The molecule has 0 aliphatic carbocycles. The molecule has 1 aromatic heterocycles. The van der Waals surface area contributed by atoms with E-state index in [4.69, 9.17) is 0 Å². The van der Waals surface area contributed by atoms with Crippen molar-refractivity contribution in [1.29, 1.82) is 0 Å². The van der Waals surface area contributed by atoms with Gasteiger partial charge >= 0.3 is 0 Å². The number of thiazole rings is 1. The molecule has 0 amide bonds. The number of nitrogens with zero attached hydrogens (tertiary/aromatic N) is 1. The third kappa shape index (κ3) is 4.58. The second-order valence-corrected chi connectivity index (χ2v) is 7.55. The molecule has 0 fully saturated rings. The van der Waals surface area contributed by atoms with Crippen LogP contribution in [-0.4, -0.2) is 11.5 Å². The molecule has 0 aliphatic rings. The molecule has 0 atom stereocenters. The number of aryl methyl sites for hydroxylation is 1. The van der Waals surface area contributed by atoms with E-state index < -0.39 is 0 Å². The van der Waals surface area contributed by atoms with Gasteiger partial charge in [-0.2, -0.15) is 0 Å². The molecule has 0 saturated carbocycles. The smallest absolute Gasteiger partial charge is 0.103 e. The maximum absolute atomic E-state index is 4.68. The second kappa shape index (κ2) is 8.17. The molecule has 2 nitrogen and oxygen atoms in total. The summed E-state index contributed by atoms with van der Waals surface area (Å²) in [7, 11) is 0. The first-order valence-corrected chi connectivity index (χ1v) is 9.33. The van der Waals surface area contributed by atoms with Crippen molar-refractivity contribution < 1.29 is 0 Å². The lowest BCUT2D eigenvalue weighted by Crippen LogP contribution is -2.13. The van der Waals surface area contributed by atoms with Crippen LogP contribution in [0.15, 0.2) is 33.6 Å². The quantitative estimate of drug-likeness (QED) is 0.547. The summed E-state index contributed by atoms with van der Waals surface area (Å²) in [5.74, 6) is 0.932. The van der Waals surface area contributed by atoms with Gasteiger partial charge in [-0.15, -0.1) is 23.1 Å². The van der Waals surface area contributed by atoms with Crippen molar-refractivity contribution in [2.45, 2.75) is 37.5 Å². The van der Waals surface area contributed by atoms with E-state index in [1.165, 1.54) is 26.9 Å². The second-order valence-electron chi connectivity index (χ2n) is 4.51. The summed E-state index contributed by atoms with van der Waals surface area (Å²) in [4.78, 5) is 7.31. The minimum atomic E-state index is 0.932. The van der Waals surface area contributed by atoms with Gasteiger partial charge in [-0.1, -0.05) is 19.1 Å². The van der Waals surface area contributed by atoms with Crippen LogP contribution in [0.25, 0.3) is 0 Å². The van der Waals surface area contributed by atoms with E-state index in [9.17, 15) is 0 Å². The molecule has 2 rings (SSSR count). The number of nitrogens with one attached hydrogen (secondary N) is 1. The van der Waals surface area contributed by atoms with Crippen molar-refractivity contribution in [2.24, 2.45) is 0 Å². The normalized spacial score (nSPS) is 10.9. The lowest BCUT2D eigenvalue weighted by atomic mass is 10.4. The van der Waals surface area contributed by atoms with Gasteiger partial charge in [-0.3, -0.25) is 0 Å². The van der Waals surface area contributed by atoms with Crippen molar-refractivity contribution in [3.05, 3.63) is 44.3 Å². The van der Waals surface area contributed by atoms with Crippen LogP contribution in [0, 0.1) is 6.92 Å². The average Bonchev–Trinajstić information content (AvgIpc) is 2.79. The zero-order valence-electron chi connectivity index (χ0n) is 11.8. The van der Waals surface area contributed by atoms with E-state index in [0.29, 0.717) is 0 Å². The van der Waals surface area contributed by atoms with Crippen molar-refractivity contribution >= 4 is 39.0 Å². The summed E-state index contributed by atoms with van der Waals surface area (Å²) in [5, 5.41) is 4.65. The van der Waals surface area contributed by atoms with Crippen LogP contribution in [0.3, 0.4) is 0 Å². The van der Waals surface area contributed by atoms with Gasteiger partial charge in [0.1, 0.15) is 5.01 Å². The Morgan fingerprint density at radius 3 is 2.90 bits per heavy atom. The molecule has 1 aromatic carbocycles. The lowest BCUT2D eigenvalue weighted by molar-refractivity contribution is 0.678. The highest BCUT2D eigenvalue weighted by Crippen LogP contribution is 2.31. The summed E-state index contributed by atoms with van der Waals surface area (Å²) < 4.78 is 1.16. The third-order valence-electron chi connectivity index (χ3n) is 2.84. The fourth-order valence-corrected chi connectivity index (χ4v) is 4.39. The largest absolute Gasteiger partial charge is 0.312 e. The van der Waals surface area contributed by atoms with E-state index in [-0.39, 0.29) is 0 Å². The monoisotopic (exact) mass is 370 g/mol. The van der Waals surface area contributed by atoms with E-state index in [2.05, 4.69) is 58.3 Å². The van der Waals surface area contributed by atoms with Crippen molar-refractivity contribution in [1.82, 2.24) is 10.3 Å². The number of thioether (sulfide) groups is 1. The van der Waals surface area contributed by atoms with Crippen LogP contribution < -0.4 is 5.32 Å². The van der Waals surface area contributed by atoms with E-state index in [0.717, 1.165) is 23.3 Å². The molecule has 0 spiro atoms. The fraction of sp³-hybridized carbons (Fsp3) is 0.400. The summed E-state index contributed by atoms with van der Waals surface area (Å²) in [5.41, 5.74) is 1.17. The predicted octanol–water partition coefficient (Wildman–Crippen LogP) is 5.01. The Kier molecular flexibility index (Phi) is 6.55. The van der Waals surface area contributed by atoms with E-state index in [1.54, 1.807) is 0 Å². The Balaban J connectivity index is 1.93. The van der Waals surface area contributed by atoms with Gasteiger partial charge in [0.25, 0.3) is 0 Å². The van der Waals surface area contributed by atoms with Gasteiger partial charge in [-0.05, 0) is 48.0 Å². The number of benzene rings is 1. The highest BCUT2D eigenvalue weighted by Gasteiger charge is 2.08. The molecular weight excluding hydrogens is 352 g/mol. The van der Waals surface area contributed by atoms with Crippen molar-refractivity contribution in [3.8, 4) is 0 Å². The molecule has 1 N–H and O–H groups in total. The first-order chi connectivity index (χ1) is 9.70. The van der Waals surface area contributed by atoms with Crippen LogP contribution in [-0.2, 0) is 12.3 Å². The molecule has 20 heavy (non-hydrogen) atoms. The summed E-state index contributed by atoms with van der Waals surface area (Å²) >= 11 is 7.24. The summed E-state index contributed by atoms with van der Waals surface area (Å²) in [6.45, 7) is 6.30. The highest BCUT2D eigenvalue weighted by molar-refractivity contribution is 9.10. The topological polar surface area (TPSA) is 24.9 Å². The van der Waals surface area contributed by atoms with Crippen LogP contribution >= 0.6 is 39.0 Å². The van der Waals surface area contributed by atoms with Crippen molar-refractivity contribution in [3.63, 3.8) is 0 Å². The predicted molar refractivity (Wildman–Crippen MR) is 92.6 cm³/mol. The molecule has 0 aliphatic heterocycles. The number of halogens is 1. The van der Waals surface area contributed by atoms with Gasteiger partial charge in [0.15, 0.2) is 0 Å². The fourth-order valence-electron chi connectivity index (χ4n) is 1.79. The number of rotatable bonds is 7. The molecule has 108 valence electrons. The SMILES string of the molecule is CCCNCc1sc(CSc2ccccc2Br)nc1C. The lowest BCUT2D eigenvalue weighted by Gasteiger charge is -2.01. The zero-order valence-corrected chi connectivity index (χ0v) is 15.0. The Labute approximate surface area is 137 Å². The minimum absolute atomic E-state index is 0.932. The Morgan fingerprint density at radius 1 is 1.35 bits per heavy atom. The van der Waals surface area contributed by atoms with Gasteiger partial charge in [0.2, 0.25) is 0 Å². The molecule has 0 bridgehead atoms.